The second-order valence-electron chi connectivity index (χ2n) is 7.25. The molecule has 2 aromatic heterocycles. The van der Waals surface area contributed by atoms with Crippen LogP contribution in [-0.4, -0.2) is 35.6 Å². The number of methoxy groups -OCH3 is 1. The summed E-state index contributed by atoms with van der Waals surface area (Å²) in [6, 6.07) is 2.91. The largest absolute Gasteiger partial charge is 0.512 e. The van der Waals surface area contributed by atoms with Gasteiger partial charge in [-0.2, -0.15) is 0 Å². The number of benzene rings is 1. The standard InChI is InChI=1S/C20H17ClF2N4O4S.C3H8.C2H6/c1-10(11(2)28)15-8-25-16(9-24-15)18-13(22)4-5-14(19(18)23)27-32(29,30)17-6-12(21)7-26-20(17)31-3;1-3-2;1-2/h4-9,27-28H,1-3H3;3H2,1-2H3;1-2H3/b11-10-;;. The summed E-state index contributed by atoms with van der Waals surface area (Å²) in [5, 5.41) is 9.56. The summed E-state index contributed by atoms with van der Waals surface area (Å²) >= 11 is 5.83. The molecule has 0 bridgehead atoms. The fraction of sp³-hybridized carbons (Fsp3) is 0.320. The maximum atomic E-state index is 15.2. The van der Waals surface area contributed by atoms with E-state index in [0.29, 0.717) is 11.3 Å². The van der Waals surface area contributed by atoms with E-state index in [0.717, 1.165) is 24.4 Å². The Kier molecular flexibility index (Phi) is 12.4. The minimum atomic E-state index is -4.39. The van der Waals surface area contributed by atoms with Crippen molar-refractivity contribution in [2.24, 2.45) is 0 Å². The average Bonchev–Trinajstić information content (AvgIpc) is 2.87. The van der Waals surface area contributed by atoms with Crippen LogP contribution < -0.4 is 9.46 Å². The number of nitrogens with zero attached hydrogens (tertiary/aromatic N) is 3. The quantitative estimate of drug-likeness (QED) is 0.313. The van der Waals surface area contributed by atoms with Gasteiger partial charge in [0.1, 0.15) is 5.82 Å². The summed E-state index contributed by atoms with van der Waals surface area (Å²) in [5.41, 5.74) is -0.530. The summed E-state index contributed by atoms with van der Waals surface area (Å²) in [4.78, 5) is 11.4. The van der Waals surface area contributed by atoms with Gasteiger partial charge in [-0.25, -0.2) is 22.2 Å². The molecule has 202 valence electrons. The molecule has 0 spiro atoms. The van der Waals surface area contributed by atoms with E-state index in [4.69, 9.17) is 16.3 Å². The number of nitrogens with one attached hydrogen (secondary N) is 1. The highest BCUT2D eigenvalue weighted by molar-refractivity contribution is 7.92. The monoisotopic (exact) mass is 556 g/mol. The average molecular weight is 557 g/mol. The van der Waals surface area contributed by atoms with Crippen molar-refractivity contribution in [1.29, 1.82) is 0 Å². The molecule has 0 aliphatic carbocycles. The molecule has 2 N–H and O–H groups in total. The van der Waals surface area contributed by atoms with E-state index >= 15 is 4.39 Å². The molecule has 0 saturated heterocycles. The van der Waals surface area contributed by atoms with E-state index < -0.39 is 37.8 Å². The van der Waals surface area contributed by atoms with Crippen LogP contribution in [0, 0.1) is 11.6 Å². The normalized spacial score (nSPS) is 11.3. The molecule has 0 aliphatic rings. The maximum absolute atomic E-state index is 15.2. The van der Waals surface area contributed by atoms with Gasteiger partial charge in [0.15, 0.2) is 10.7 Å². The van der Waals surface area contributed by atoms with Crippen LogP contribution >= 0.6 is 11.6 Å². The van der Waals surface area contributed by atoms with Gasteiger partial charge in [0.05, 0.1) is 52.9 Å². The molecule has 0 saturated carbocycles. The smallest absolute Gasteiger partial charge is 0.267 e. The van der Waals surface area contributed by atoms with Crippen LogP contribution in [0.3, 0.4) is 0 Å². The highest BCUT2D eigenvalue weighted by Crippen LogP contribution is 2.32. The minimum Gasteiger partial charge on any atom is -0.512 e. The number of pyridine rings is 1. The number of ether oxygens (including phenoxy) is 1. The lowest BCUT2D eigenvalue weighted by Crippen LogP contribution is -2.16. The van der Waals surface area contributed by atoms with Crippen molar-refractivity contribution in [3.8, 4) is 17.1 Å². The van der Waals surface area contributed by atoms with Crippen LogP contribution in [0.5, 0.6) is 5.88 Å². The SMILES string of the molecule is CC.CCC.COc1ncc(Cl)cc1S(=O)(=O)Nc1ccc(F)c(-c2cnc(/C(C)=C(/C)O)cn2)c1F. The molecule has 0 radical (unpaired) electrons. The molecule has 1 aromatic carbocycles. The number of aliphatic hydroxyl groups excluding tert-OH is 1. The predicted molar refractivity (Wildman–Crippen MR) is 142 cm³/mol. The minimum absolute atomic E-state index is 0.0178. The van der Waals surface area contributed by atoms with Gasteiger partial charge in [-0.05, 0) is 32.0 Å². The van der Waals surface area contributed by atoms with E-state index in [2.05, 4.69) is 28.8 Å². The molecule has 0 fully saturated rings. The van der Waals surface area contributed by atoms with Crippen LogP contribution in [0.2, 0.25) is 5.02 Å². The van der Waals surface area contributed by atoms with Crippen molar-refractivity contribution in [2.75, 3.05) is 11.8 Å². The van der Waals surface area contributed by atoms with Crippen molar-refractivity contribution in [3.05, 3.63) is 64.9 Å². The zero-order chi connectivity index (χ0) is 28.3. The Morgan fingerprint density at radius 2 is 1.70 bits per heavy atom. The first-order valence-corrected chi connectivity index (χ1v) is 13.2. The van der Waals surface area contributed by atoms with E-state index in [9.17, 15) is 17.9 Å². The third-order valence-corrected chi connectivity index (χ3v) is 6.00. The number of halogens is 3. The number of aromatic nitrogens is 3. The van der Waals surface area contributed by atoms with Gasteiger partial charge < -0.3 is 9.84 Å². The van der Waals surface area contributed by atoms with Crippen LogP contribution in [0.15, 0.2) is 47.4 Å². The summed E-state index contributed by atoms with van der Waals surface area (Å²) in [6.45, 7) is 11.3. The number of hydrogen-bond acceptors (Lipinski definition) is 7. The number of hydrogen-bond donors (Lipinski definition) is 2. The Balaban J connectivity index is 0.00000127. The zero-order valence-corrected chi connectivity index (χ0v) is 23.3. The Morgan fingerprint density at radius 3 is 2.22 bits per heavy atom. The number of sulfonamides is 1. The lowest BCUT2D eigenvalue weighted by atomic mass is 10.1. The zero-order valence-electron chi connectivity index (χ0n) is 21.7. The van der Waals surface area contributed by atoms with E-state index in [1.54, 1.807) is 6.92 Å². The van der Waals surface area contributed by atoms with Gasteiger partial charge in [-0.15, -0.1) is 0 Å². The van der Waals surface area contributed by atoms with Crippen molar-refractivity contribution in [1.82, 2.24) is 15.0 Å². The number of aliphatic hydroxyl groups is 1. The molecule has 3 aromatic rings. The second kappa shape index (κ2) is 14.4. The third-order valence-electron chi connectivity index (χ3n) is 4.44. The molecule has 0 aliphatic heterocycles. The summed E-state index contributed by atoms with van der Waals surface area (Å²) in [6.07, 6.45) is 4.79. The number of anilines is 1. The second-order valence-corrected chi connectivity index (χ2v) is 9.34. The fourth-order valence-corrected chi connectivity index (χ4v) is 4.08. The molecular weight excluding hydrogens is 526 g/mol. The first-order valence-electron chi connectivity index (χ1n) is 11.4. The Hall–Kier alpha value is -3.31. The third kappa shape index (κ3) is 8.09. The fourth-order valence-electron chi connectivity index (χ4n) is 2.66. The van der Waals surface area contributed by atoms with Crippen molar-refractivity contribution >= 4 is 32.9 Å². The Morgan fingerprint density at radius 1 is 1.08 bits per heavy atom. The van der Waals surface area contributed by atoms with Crippen LogP contribution in [0.25, 0.3) is 16.8 Å². The van der Waals surface area contributed by atoms with Gasteiger partial charge >= 0.3 is 0 Å². The molecule has 0 atom stereocenters. The van der Waals surface area contributed by atoms with E-state index in [1.165, 1.54) is 32.8 Å². The lowest BCUT2D eigenvalue weighted by molar-refractivity contribution is 0.385. The van der Waals surface area contributed by atoms with Gasteiger partial charge in [0.25, 0.3) is 10.0 Å². The number of allylic oxidation sites excluding steroid dienone is 2. The van der Waals surface area contributed by atoms with Crippen molar-refractivity contribution in [2.45, 2.75) is 52.9 Å². The molecule has 12 heteroatoms. The van der Waals surface area contributed by atoms with Crippen LogP contribution in [0.1, 0.15) is 53.7 Å². The Labute approximate surface area is 221 Å². The molecule has 0 unspecified atom stereocenters. The number of rotatable bonds is 6. The molecule has 37 heavy (non-hydrogen) atoms. The van der Waals surface area contributed by atoms with Gasteiger partial charge in [-0.1, -0.05) is 45.7 Å². The highest BCUT2D eigenvalue weighted by Gasteiger charge is 2.25. The molecule has 2 heterocycles. The Bertz CT molecular complexity index is 1330. The van der Waals surface area contributed by atoms with E-state index in [-0.39, 0.29) is 22.4 Å². The van der Waals surface area contributed by atoms with Crippen molar-refractivity contribution in [3.63, 3.8) is 0 Å². The highest BCUT2D eigenvalue weighted by atomic mass is 35.5. The summed E-state index contributed by atoms with van der Waals surface area (Å²) in [7, 11) is -3.18. The first-order chi connectivity index (χ1) is 17.5. The van der Waals surface area contributed by atoms with Crippen molar-refractivity contribution < 1.29 is 27.0 Å². The molecular formula is C25H31ClF2N4O4S. The summed E-state index contributed by atoms with van der Waals surface area (Å²) in [5.74, 6) is -2.41. The predicted octanol–water partition coefficient (Wildman–Crippen LogP) is 7.03. The van der Waals surface area contributed by atoms with Gasteiger partial charge in [0, 0.05) is 11.8 Å². The van der Waals surface area contributed by atoms with Gasteiger partial charge in [-0.3, -0.25) is 14.7 Å². The van der Waals surface area contributed by atoms with E-state index in [1.807, 2.05) is 18.6 Å². The van der Waals surface area contributed by atoms with Crippen LogP contribution in [0.4, 0.5) is 14.5 Å². The topological polar surface area (TPSA) is 114 Å². The molecule has 0 amide bonds. The summed E-state index contributed by atoms with van der Waals surface area (Å²) < 4.78 is 62.2. The maximum Gasteiger partial charge on any atom is 0.267 e. The van der Waals surface area contributed by atoms with Crippen LogP contribution in [-0.2, 0) is 10.0 Å². The molecule has 8 nitrogen and oxygen atoms in total. The lowest BCUT2D eigenvalue weighted by Gasteiger charge is -2.14. The first kappa shape index (κ1) is 31.7. The van der Waals surface area contributed by atoms with Gasteiger partial charge in [0.2, 0.25) is 5.88 Å². The molecule has 3 rings (SSSR count).